The zero-order valence-electron chi connectivity index (χ0n) is 13.1. The summed E-state index contributed by atoms with van der Waals surface area (Å²) in [5.74, 6) is -0.148. The first-order valence-corrected chi connectivity index (χ1v) is 10.8. The number of sulfonamides is 1. The number of thiophene rings is 1. The summed E-state index contributed by atoms with van der Waals surface area (Å²) in [6, 6.07) is 3.85. The summed E-state index contributed by atoms with van der Waals surface area (Å²) in [6.07, 6.45) is 3.80. The Kier molecular flexibility index (Phi) is 5.14. The molecule has 2 aromatic heterocycles. The van der Waals surface area contributed by atoms with Gasteiger partial charge in [-0.3, -0.25) is 10.1 Å². The molecular weight excluding hydrogens is 366 g/mol. The van der Waals surface area contributed by atoms with Crippen molar-refractivity contribution < 1.29 is 13.2 Å². The molecule has 1 aliphatic rings. The van der Waals surface area contributed by atoms with Crippen molar-refractivity contribution >= 4 is 49.8 Å². The van der Waals surface area contributed by atoms with E-state index in [9.17, 15) is 13.2 Å². The molecular formula is C15H17N3O3S3. The second-order valence-corrected chi connectivity index (χ2v) is 9.53. The van der Waals surface area contributed by atoms with Crippen molar-refractivity contribution in [1.82, 2.24) is 9.29 Å². The van der Waals surface area contributed by atoms with E-state index in [2.05, 4.69) is 10.3 Å². The van der Waals surface area contributed by atoms with Crippen LogP contribution in [0.15, 0.2) is 23.6 Å². The molecule has 3 rings (SSSR count). The van der Waals surface area contributed by atoms with Crippen molar-refractivity contribution in [2.45, 2.75) is 19.9 Å². The zero-order valence-corrected chi connectivity index (χ0v) is 15.5. The van der Waals surface area contributed by atoms with Gasteiger partial charge in [0.25, 0.3) is 0 Å². The fourth-order valence-corrected chi connectivity index (χ4v) is 5.12. The molecule has 2 aromatic rings. The largest absolute Gasteiger partial charge is 0.298 e. The first-order valence-electron chi connectivity index (χ1n) is 7.47. The van der Waals surface area contributed by atoms with Crippen LogP contribution in [0.3, 0.4) is 0 Å². The number of hydrogen-bond acceptors (Lipinski definition) is 6. The number of hydrogen-bond donors (Lipinski definition) is 1. The third kappa shape index (κ3) is 3.92. The molecule has 0 saturated carbocycles. The highest BCUT2D eigenvalue weighted by Crippen LogP contribution is 2.29. The predicted octanol–water partition coefficient (Wildman–Crippen LogP) is 2.56. The average Bonchev–Trinajstić information content (AvgIpc) is 3.21. The lowest BCUT2D eigenvalue weighted by Crippen LogP contribution is -2.36. The number of nitrogens with one attached hydrogen (secondary N) is 1. The van der Waals surface area contributed by atoms with Crippen LogP contribution in [0.5, 0.6) is 0 Å². The Hall–Kier alpha value is -1.55. The normalized spacial score (nSPS) is 15.5. The van der Waals surface area contributed by atoms with Crippen LogP contribution in [0, 0.1) is 0 Å². The lowest BCUT2D eigenvalue weighted by Gasteiger charge is -2.24. The Bertz CT molecular complexity index is 854. The quantitative estimate of drug-likeness (QED) is 0.805. The van der Waals surface area contributed by atoms with Crippen molar-refractivity contribution in [3.8, 4) is 0 Å². The van der Waals surface area contributed by atoms with Gasteiger partial charge < -0.3 is 0 Å². The van der Waals surface area contributed by atoms with Crippen LogP contribution in [0.25, 0.3) is 6.08 Å². The molecule has 1 N–H and O–H groups in total. The third-order valence-electron chi connectivity index (χ3n) is 3.63. The standard InChI is InChI=1S/C15H17N3O3S3/c1-2-24(20,21)18-8-7-12-13(10-18)23-15(16-12)17-14(19)6-5-11-4-3-9-22-11/h3-6,9H,2,7-8,10H2,1H3,(H,16,17,19)/b6-5+. The third-order valence-corrected chi connectivity index (χ3v) is 7.29. The van der Waals surface area contributed by atoms with Crippen molar-refractivity contribution in [1.29, 1.82) is 0 Å². The molecule has 0 fully saturated rings. The Balaban J connectivity index is 1.66. The average molecular weight is 384 g/mol. The zero-order chi connectivity index (χ0) is 17.2. The van der Waals surface area contributed by atoms with Gasteiger partial charge in [0.15, 0.2) is 5.13 Å². The maximum Gasteiger partial charge on any atom is 0.250 e. The van der Waals surface area contributed by atoms with Crippen molar-refractivity contribution in [3.63, 3.8) is 0 Å². The van der Waals surface area contributed by atoms with Crippen molar-refractivity contribution in [2.24, 2.45) is 0 Å². The van der Waals surface area contributed by atoms with Gasteiger partial charge in [0.05, 0.1) is 11.4 Å². The van der Waals surface area contributed by atoms with Gasteiger partial charge in [-0.05, 0) is 24.4 Å². The van der Waals surface area contributed by atoms with E-state index in [0.717, 1.165) is 15.4 Å². The summed E-state index contributed by atoms with van der Waals surface area (Å²) >= 11 is 2.89. The van der Waals surface area contributed by atoms with E-state index in [1.54, 1.807) is 24.3 Å². The molecule has 0 atom stereocenters. The molecule has 0 saturated heterocycles. The van der Waals surface area contributed by atoms with Crippen LogP contribution in [0.2, 0.25) is 0 Å². The fraction of sp³-hybridized carbons (Fsp3) is 0.333. The van der Waals surface area contributed by atoms with Crippen molar-refractivity contribution in [3.05, 3.63) is 39.0 Å². The molecule has 6 nitrogen and oxygen atoms in total. The number of aromatic nitrogens is 1. The number of carbonyl (C=O) groups is 1. The molecule has 3 heterocycles. The van der Waals surface area contributed by atoms with Gasteiger partial charge in [-0.25, -0.2) is 13.4 Å². The molecule has 1 amide bonds. The van der Waals surface area contributed by atoms with Gasteiger partial charge in [-0.1, -0.05) is 6.07 Å². The van der Waals surface area contributed by atoms with Gasteiger partial charge >= 0.3 is 0 Å². The molecule has 0 spiro atoms. The highest BCUT2D eigenvalue weighted by Gasteiger charge is 2.27. The second kappa shape index (κ2) is 7.14. The number of amides is 1. The van der Waals surface area contributed by atoms with Crippen LogP contribution < -0.4 is 5.32 Å². The van der Waals surface area contributed by atoms with Gasteiger partial charge in [0.1, 0.15) is 0 Å². The first-order chi connectivity index (χ1) is 11.5. The topological polar surface area (TPSA) is 79.4 Å². The molecule has 0 unspecified atom stereocenters. The first kappa shape index (κ1) is 17.3. The molecule has 128 valence electrons. The maximum absolute atomic E-state index is 12.0. The maximum atomic E-state index is 12.0. The summed E-state index contributed by atoms with van der Waals surface area (Å²) in [7, 11) is -3.20. The van der Waals surface area contributed by atoms with Gasteiger partial charge in [-0.2, -0.15) is 4.31 Å². The number of anilines is 1. The molecule has 0 bridgehead atoms. The van der Waals surface area contributed by atoms with E-state index >= 15 is 0 Å². The summed E-state index contributed by atoms with van der Waals surface area (Å²) in [5.41, 5.74) is 0.875. The Labute approximate surface area is 148 Å². The van der Waals surface area contributed by atoms with Crippen molar-refractivity contribution in [2.75, 3.05) is 17.6 Å². The minimum Gasteiger partial charge on any atom is -0.298 e. The van der Waals surface area contributed by atoms with E-state index in [1.165, 1.54) is 21.7 Å². The molecule has 0 aromatic carbocycles. The summed E-state index contributed by atoms with van der Waals surface area (Å²) in [5, 5.41) is 5.21. The predicted molar refractivity (Wildman–Crippen MR) is 97.7 cm³/mol. The van der Waals surface area contributed by atoms with E-state index < -0.39 is 10.0 Å². The van der Waals surface area contributed by atoms with Gasteiger partial charge in [0.2, 0.25) is 15.9 Å². The molecule has 1 aliphatic heterocycles. The highest BCUT2D eigenvalue weighted by atomic mass is 32.2. The van der Waals surface area contributed by atoms with Crippen LogP contribution in [0.1, 0.15) is 22.4 Å². The SMILES string of the molecule is CCS(=O)(=O)N1CCc2nc(NC(=O)/C=C/c3cccs3)sc2C1. The van der Waals surface area contributed by atoms with E-state index in [-0.39, 0.29) is 11.7 Å². The van der Waals surface area contributed by atoms with Crippen LogP contribution in [0.4, 0.5) is 5.13 Å². The summed E-state index contributed by atoms with van der Waals surface area (Å²) in [6.45, 7) is 2.42. The number of nitrogens with zero attached hydrogens (tertiary/aromatic N) is 2. The Morgan fingerprint density at radius 1 is 1.50 bits per heavy atom. The second-order valence-electron chi connectivity index (χ2n) is 5.21. The number of thiazole rings is 1. The molecule has 24 heavy (non-hydrogen) atoms. The van der Waals surface area contributed by atoms with Gasteiger partial charge in [0, 0.05) is 35.3 Å². The Morgan fingerprint density at radius 3 is 3.04 bits per heavy atom. The lowest BCUT2D eigenvalue weighted by atomic mass is 10.2. The minimum absolute atomic E-state index is 0.0955. The smallest absolute Gasteiger partial charge is 0.250 e. The Morgan fingerprint density at radius 2 is 2.33 bits per heavy atom. The van der Waals surface area contributed by atoms with E-state index in [4.69, 9.17) is 0 Å². The number of carbonyl (C=O) groups excluding carboxylic acids is 1. The number of rotatable bonds is 5. The molecule has 9 heteroatoms. The summed E-state index contributed by atoms with van der Waals surface area (Å²) < 4.78 is 25.4. The van der Waals surface area contributed by atoms with Gasteiger partial charge in [-0.15, -0.1) is 22.7 Å². The lowest BCUT2D eigenvalue weighted by molar-refractivity contribution is -0.111. The van der Waals surface area contributed by atoms with Crippen LogP contribution in [-0.2, 0) is 27.8 Å². The number of fused-ring (bicyclic) bond motifs is 1. The molecule has 0 aliphatic carbocycles. The van der Waals surface area contributed by atoms with E-state index in [1.807, 2.05) is 17.5 Å². The summed E-state index contributed by atoms with van der Waals surface area (Å²) in [4.78, 5) is 18.3. The van der Waals surface area contributed by atoms with E-state index in [0.29, 0.717) is 24.6 Å². The monoisotopic (exact) mass is 383 g/mol. The van der Waals surface area contributed by atoms with Crippen LogP contribution >= 0.6 is 22.7 Å². The molecule has 0 radical (unpaired) electrons. The minimum atomic E-state index is -3.20. The fourth-order valence-electron chi connectivity index (χ4n) is 2.34. The highest BCUT2D eigenvalue weighted by molar-refractivity contribution is 7.89. The van der Waals surface area contributed by atoms with Crippen LogP contribution in [-0.4, -0.2) is 35.9 Å².